The van der Waals surface area contributed by atoms with Gasteiger partial charge in [0.15, 0.2) is 0 Å². The molecule has 7 nitrogen and oxygen atoms in total. The Morgan fingerprint density at radius 2 is 1.71 bits per heavy atom. The maximum Gasteiger partial charge on any atom is 0.303 e. The number of nitrogens with one attached hydrogen (secondary N) is 1. The monoisotopic (exact) mass is 531 g/mol. The first-order valence-corrected chi connectivity index (χ1v) is 12.5. The Labute approximate surface area is 222 Å². The smallest absolute Gasteiger partial charge is 0.303 e. The van der Waals surface area contributed by atoms with Crippen molar-refractivity contribution >= 4 is 40.1 Å². The molecule has 2 heterocycles. The molecule has 0 aliphatic carbocycles. The lowest BCUT2D eigenvalue weighted by atomic mass is 9.91. The Morgan fingerprint density at radius 3 is 2.42 bits per heavy atom. The number of halogens is 2. The minimum absolute atomic E-state index is 0.0289. The number of carboxylic acids is 1. The van der Waals surface area contributed by atoms with E-state index in [4.69, 9.17) is 16.7 Å². The molecule has 0 saturated carbocycles. The first-order valence-electron chi connectivity index (χ1n) is 12.1. The summed E-state index contributed by atoms with van der Waals surface area (Å²) in [5, 5.41) is 16.2. The summed E-state index contributed by atoms with van der Waals surface area (Å²) in [6, 6.07) is 19.8. The van der Waals surface area contributed by atoms with Gasteiger partial charge in [0.05, 0.1) is 17.3 Å². The van der Waals surface area contributed by atoms with Crippen LogP contribution in [0.4, 0.5) is 4.39 Å². The topological polar surface area (TPSA) is 103 Å². The summed E-state index contributed by atoms with van der Waals surface area (Å²) in [7, 11) is 0. The van der Waals surface area contributed by atoms with Crippen LogP contribution in [0, 0.1) is 5.82 Å². The van der Waals surface area contributed by atoms with Gasteiger partial charge in [-0.1, -0.05) is 54.1 Å². The van der Waals surface area contributed by atoms with E-state index in [0.717, 1.165) is 10.9 Å². The summed E-state index contributed by atoms with van der Waals surface area (Å²) < 4.78 is 13.7. The van der Waals surface area contributed by atoms with Crippen LogP contribution in [0.2, 0.25) is 5.02 Å². The van der Waals surface area contributed by atoms with Crippen molar-refractivity contribution in [1.29, 1.82) is 0 Å². The maximum absolute atomic E-state index is 13.7. The molecule has 0 radical (unpaired) electrons. The van der Waals surface area contributed by atoms with E-state index in [-0.39, 0.29) is 37.1 Å². The van der Waals surface area contributed by atoms with Gasteiger partial charge in [-0.15, -0.1) is 0 Å². The Bertz CT molecular complexity index is 1610. The van der Waals surface area contributed by atoms with Crippen LogP contribution in [-0.4, -0.2) is 32.7 Å². The third kappa shape index (κ3) is 5.08. The zero-order valence-corrected chi connectivity index (χ0v) is 20.9. The van der Waals surface area contributed by atoms with E-state index in [2.05, 4.69) is 10.1 Å². The average molecular weight is 532 g/mol. The largest absolute Gasteiger partial charge is 0.481 e. The first kappa shape index (κ1) is 25.4. The number of benzene rings is 3. The molecule has 0 bridgehead atoms. The van der Waals surface area contributed by atoms with E-state index >= 15 is 0 Å². The lowest BCUT2D eigenvalue weighted by Crippen LogP contribution is -2.27. The highest BCUT2D eigenvalue weighted by Crippen LogP contribution is 2.37. The molecule has 3 aromatic carbocycles. The molecule has 1 aliphatic rings. The van der Waals surface area contributed by atoms with Crippen molar-refractivity contribution < 1.29 is 19.1 Å². The molecule has 9 heteroatoms. The van der Waals surface area contributed by atoms with E-state index in [1.54, 1.807) is 24.3 Å². The summed E-state index contributed by atoms with van der Waals surface area (Å²) in [6.07, 6.45) is 0.192. The van der Waals surface area contributed by atoms with Gasteiger partial charge in [-0.25, -0.2) is 9.40 Å². The minimum atomic E-state index is -0.992. The van der Waals surface area contributed by atoms with E-state index in [1.165, 1.54) is 17.1 Å². The van der Waals surface area contributed by atoms with Crippen molar-refractivity contribution in [3.05, 3.63) is 105 Å². The van der Waals surface area contributed by atoms with E-state index in [1.807, 2.05) is 36.4 Å². The average Bonchev–Trinajstić information content (AvgIpc) is 3.34. The number of aromatic nitrogens is 1. The standard InChI is InChI=1S/C29H23ClFN3O4/c30-19-12-8-18(9-13-19)27-21-4-1-2-5-22(21)32-29(38)28(27)23-16-24(17-10-14-20(31)15-11-17)34(33-23)25(35)6-3-7-26(36)37/h1-2,4-5,8-15,24H,3,6-7,16H2,(H,32,38)(H,36,37). The number of nitrogens with zero attached hydrogens (tertiary/aromatic N) is 2. The molecule has 0 saturated heterocycles. The zero-order valence-electron chi connectivity index (χ0n) is 20.2. The number of pyridine rings is 1. The lowest BCUT2D eigenvalue weighted by Gasteiger charge is -2.22. The molecule has 1 atom stereocenters. The number of amides is 1. The van der Waals surface area contributed by atoms with Crippen molar-refractivity contribution in [3.63, 3.8) is 0 Å². The number of H-pyrrole nitrogens is 1. The molecule has 1 aliphatic heterocycles. The van der Waals surface area contributed by atoms with Crippen LogP contribution in [0.15, 0.2) is 82.7 Å². The van der Waals surface area contributed by atoms with E-state index in [0.29, 0.717) is 32.9 Å². The minimum Gasteiger partial charge on any atom is -0.481 e. The van der Waals surface area contributed by atoms with Crippen molar-refractivity contribution in [2.24, 2.45) is 5.10 Å². The number of para-hydroxylation sites is 1. The molecule has 38 heavy (non-hydrogen) atoms. The Morgan fingerprint density at radius 1 is 1.00 bits per heavy atom. The zero-order chi connectivity index (χ0) is 26.8. The van der Waals surface area contributed by atoms with Crippen LogP contribution in [-0.2, 0) is 9.59 Å². The second kappa shape index (κ2) is 10.6. The normalized spacial score (nSPS) is 15.1. The summed E-state index contributed by atoms with van der Waals surface area (Å²) >= 11 is 6.13. The van der Waals surface area contributed by atoms with Gasteiger partial charge in [-0.2, -0.15) is 5.10 Å². The van der Waals surface area contributed by atoms with Crippen LogP contribution in [0.1, 0.15) is 42.9 Å². The van der Waals surface area contributed by atoms with Crippen molar-refractivity contribution in [2.75, 3.05) is 0 Å². The van der Waals surface area contributed by atoms with Crippen molar-refractivity contribution in [2.45, 2.75) is 31.7 Å². The molecule has 1 aromatic heterocycles. The second-order valence-electron chi connectivity index (χ2n) is 9.06. The van der Waals surface area contributed by atoms with E-state index in [9.17, 15) is 18.8 Å². The van der Waals surface area contributed by atoms with Crippen LogP contribution >= 0.6 is 11.6 Å². The molecule has 5 rings (SSSR count). The van der Waals surface area contributed by atoms with Crippen LogP contribution < -0.4 is 5.56 Å². The molecule has 0 fully saturated rings. The number of carbonyl (C=O) groups excluding carboxylic acids is 1. The number of fused-ring (bicyclic) bond motifs is 1. The number of aromatic amines is 1. The highest BCUT2D eigenvalue weighted by atomic mass is 35.5. The molecule has 192 valence electrons. The molecular formula is C29H23ClFN3O4. The van der Waals surface area contributed by atoms with Crippen LogP contribution in [0.3, 0.4) is 0 Å². The Kier molecular flexibility index (Phi) is 7.07. The van der Waals surface area contributed by atoms with Gasteiger partial charge in [0.1, 0.15) is 5.82 Å². The molecule has 2 N–H and O–H groups in total. The fraction of sp³-hybridized carbons (Fsp3) is 0.172. The summed E-state index contributed by atoms with van der Waals surface area (Å²) in [5.74, 6) is -1.78. The number of rotatable bonds is 7. The summed E-state index contributed by atoms with van der Waals surface area (Å²) in [5.41, 5.74) is 3.12. The number of hydrogen-bond acceptors (Lipinski definition) is 4. The second-order valence-corrected chi connectivity index (χ2v) is 9.50. The third-order valence-corrected chi connectivity index (χ3v) is 6.80. The van der Waals surface area contributed by atoms with Gasteiger partial charge in [0, 0.05) is 40.8 Å². The Hall–Kier alpha value is -4.30. The van der Waals surface area contributed by atoms with Gasteiger partial charge in [-0.3, -0.25) is 14.4 Å². The highest BCUT2D eigenvalue weighted by Gasteiger charge is 2.35. The molecule has 4 aromatic rings. The van der Waals surface area contributed by atoms with Crippen LogP contribution in [0.25, 0.3) is 22.0 Å². The number of carbonyl (C=O) groups is 2. The van der Waals surface area contributed by atoms with Gasteiger partial charge >= 0.3 is 5.97 Å². The van der Waals surface area contributed by atoms with Crippen molar-refractivity contribution in [3.8, 4) is 11.1 Å². The first-order chi connectivity index (χ1) is 18.3. The number of aliphatic carboxylic acids is 1. The highest BCUT2D eigenvalue weighted by molar-refractivity contribution is 6.30. The lowest BCUT2D eigenvalue weighted by molar-refractivity contribution is -0.137. The predicted molar refractivity (Wildman–Crippen MR) is 144 cm³/mol. The van der Waals surface area contributed by atoms with Crippen molar-refractivity contribution in [1.82, 2.24) is 9.99 Å². The molecule has 0 spiro atoms. The summed E-state index contributed by atoms with van der Waals surface area (Å²) in [4.78, 5) is 40.6. The Balaban J connectivity index is 1.64. The number of carboxylic acid groups (broad SMARTS) is 1. The number of hydrogen-bond donors (Lipinski definition) is 2. The van der Waals surface area contributed by atoms with Crippen LogP contribution in [0.5, 0.6) is 0 Å². The fourth-order valence-corrected chi connectivity index (χ4v) is 4.90. The quantitative estimate of drug-likeness (QED) is 0.309. The molecular weight excluding hydrogens is 509 g/mol. The van der Waals surface area contributed by atoms with Gasteiger partial charge in [-0.05, 0) is 47.9 Å². The third-order valence-electron chi connectivity index (χ3n) is 6.55. The number of hydrazone groups is 1. The maximum atomic E-state index is 13.7. The van der Waals surface area contributed by atoms with Gasteiger partial charge in [0.25, 0.3) is 5.56 Å². The summed E-state index contributed by atoms with van der Waals surface area (Å²) in [6.45, 7) is 0. The van der Waals surface area contributed by atoms with Gasteiger partial charge < -0.3 is 10.1 Å². The fourth-order valence-electron chi connectivity index (χ4n) is 4.78. The van der Waals surface area contributed by atoms with Gasteiger partial charge in [0.2, 0.25) is 5.91 Å². The SMILES string of the molecule is O=C(O)CCCC(=O)N1N=C(c2c(-c3ccc(Cl)cc3)c3ccccc3[nH]c2=O)CC1c1ccc(F)cc1. The van der Waals surface area contributed by atoms with E-state index < -0.39 is 17.8 Å². The molecule has 1 amide bonds. The predicted octanol–water partition coefficient (Wildman–Crippen LogP) is 5.92. The molecule has 1 unspecified atom stereocenters.